The van der Waals surface area contributed by atoms with Crippen molar-refractivity contribution < 1.29 is 24.6 Å². The maximum atomic E-state index is 12.5. The van der Waals surface area contributed by atoms with Crippen LogP contribution in [0.3, 0.4) is 0 Å². The van der Waals surface area contributed by atoms with Crippen molar-refractivity contribution in [3.63, 3.8) is 0 Å². The number of aromatic nitrogens is 3. The van der Waals surface area contributed by atoms with E-state index in [0.717, 1.165) is 16.7 Å². The molecule has 8 N–H and O–H groups in total. The number of hydrogen-bond donors (Lipinski definition) is 6. The van der Waals surface area contributed by atoms with Gasteiger partial charge in [0.2, 0.25) is 5.95 Å². The highest BCUT2D eigenvalue weighted by molar-refractivity contribution is 5.97. The minimum atomic E-state index is -1.31. The number of nitrogens with two attached hydrogens (primary N) is 2. The van der Waals surface area contributed by atoms with Gasteiger partial charge < -0.3 is 32.3 Å². The predicted molar refractivity (Wildman–Crippen MR) is 146 cm³/mol. The summed E-state index contributed by atoms with van der Waals surface area (Å²) in [5, 5.41) is 24.4. The summed E-state index contributed by atoms with van der Waals surface area (Å²) in [5.74, 6) is -2.78. The summed E-state index contributed by atoms with van der Waals surface area (Å²) in [6.45, 7) is 2.28. The Kier molecular flexibility index (Phi) is 7.85. The van der Waals surface area contributed by atoms with Crippen LogP contribution in [0.15, 0.2) is 54.6 Å². The first-order valence-corrected chi connectivity index (χ1v) is 12.0. The number of carbonyl (C=O) groups excluding carboxylic acids is 1. The minimum absolute atomic E-state index is 0.0393. The Morgan fingerprint density at radius 2 is 1.64 bits per heavy atom. The second-order valence-electron chi connectivity index (χ2n) is 8.82. The van der Waals surface area contributed by atoms with Crippen molar-refractivity contribution in [2.75, 3.05) is 16.8 Å². The molecule has 200 valence electrons. The van der Waals surface area contributed by atoms with Gasteiger partial charge in [-0.15, -0.1) is 0 Å². The van der Waals surface area contributed by atoms with Gasteiger partial charge in [-0.05, 0) is 43.2 Å². The van der Waals surface area contributed by atoms with Crippen LogP contribution in [0.2, 0.25) is 0 Å². The third kappa shape index (κ3) is 6.18. The molecule has 0 spiro atoms. The molecular formula is C27H27N7O5. The Morgan fingerprint density at radius 3 is 2.28 bits per heavy atom. The van der Waals surface area contributed by atoms with Crippen LogP contribution in [0.1, 0.15) is 34.3 Å². The largest absolute Gasteiger partial charge is 0.481 e. The molecule has 0 radical (unpaired) electrons. The first kappa shape index (κ1) is 26.8. The van der Waals surface area contributed by atoms with Gasteiger partial charge >= 0.3 is 11.9 Å². The fraction of sp³-hybridized carbons (Fsp3) is 0.185. The number of amides is 1. The molecule has 0 fully saturated rings. The molecule has 0 saturated carbocycles. The van der Waals surface area contributed by atoms with Gasteiger partial charge in [0, 0.05) is 35.3 Å². The molecule has 1 amide bonds. The summed E-state index contributed by atoms with van der Waals surface area (Å²) in [7, 11) is 0. The average Bonchev–Trinajstić information content (AvgIpc) is 2.90. The highest BCUT2D eigenvalue weighted by atomic mass is 16.4. The quantitative estimate of drug-likeness (QED) is 0.176. The Hall–Kier alpha value is -5.26. The summed E-state index contributed by atoms with van der Waals surface area (Å²) >= 11 is 0. The van der Waals surface area contributed by atoms with Crippen LogP contribution >= 0.6 is 0 Å². The summed E-state index contributed by atoms with van der Waals surface area (Å²) in [6, 6.07) is 14.8. The average molecular weight is 530 g/mol. The van der Waals surface area contributed by atoms with Crippen LogP contribution < -0.4 is 22.1 Å². The lowest BCUT2D eigenvalue weighted by Crippen LogP contribution is -2.41. The summed E-state index contributed by atoms with van der Waals surface area (Å²) in [4.78, 5) is 47.8. The van der Waals surface area contributed by atoms with E-state index >= 15 is 0 Å². The summed E-state index contributed by atoms with van der Waals surface area (Å²) in [5.41, 5.74) is 16.6. The Balaban J connectivity index is 1.56. The molecule has 1 atom stereocenters. The van der Waals surface area contributed by atoms with E-state index in [2.05, 4.69) is 20.6 Å². The molecular weight excluding hydrogens is 502 g/mol. The Labute approximate surface area is 223 Å². The van der Waals surface area contributed by atoms with Gasteiger partial charge in [0.25, 0.3) is 5.91 Å². The maximum absolute atomic E-state index is 12.5. The maximum Gasteiger partial charge on any atom is 0.326 e. The SMILES string of the molecule is Cc1c(CNc2ccc(C(=O)NC(CCC(=O)O)C(=O)O)cc2)c(-c2ccccc2)nc2nc(N)nc(N)c12. The number of rotatable bonds is 10. The van der Waals surface area contributed by atoms with Crippen molar-refractivity contribution in [3.05, 3.63) is 71.3 Å². The topological polar surface area (TPSA) is 206 Å². The molecule has 4 aromatic rings. The lowest BCUT2D eigenvalue weighted by Gasteiger charge is -2.17. The first-order valence-electron chi connectivity index (χ1n) is 12.0. The van der Waals surface area contributed by atoms with Crippen LogP contribution in [0.4, 0.5) is 17.5 Å². The number of aryl methyl sites for hydroxylation is 1. The summed E-state index contributed by atoms with van der Waals surface area (Å²) < 4.78 is 0. The molecule has 0 saturated heterocycles. The van der Waals surface area contributed by atoms with E-state index in [1.165, 1.54) is 0 Å². The van der Waals surface area contributed by atoms with Gasteiger partial charge in [0.15, 0.2) is 5.65 Å². The fourth-order valence-corrected chi connectivity index (χ4v) is 4.17. The lowest BCUT2D eigenvalue weighted by molar-refractivity contribution is -0.140. The number of carboxylic acid groups (broad SMARTS) is 2. The van der Waals surface area contributed by atoms with Crippen LogP contribution in [0.5, 0.6) is 0 Å². The van der Waals surface area contributed by atoms with Crippen molar-refractivity contribution in [2.45, 2.75) is 32.4 Å². The molecule has 2 aromatic heterocycles. The molecule has 2 aromatic carbocycles. The normalized spacial score (nSPS) is 11.6. The molecule has 12 nitrogen and oxygen atoms in total. The number of carbonyl (C=O) groups is 3. The molecule has 12 heteroatoms. The van der Waals surface area contributed by atoms with E-state index in [1.807, 2.05) is 37.3 Å². The smallest absolute Gasteiger partial charge is 0.326 e. The van der Waals surface area contributed by atoms with Crippen molar-refractivity contribution in [2.24, 2.45) is 0 Å². The molecule has 2 heterocycles. The van der Waals surface area contributed by atoms with Crippen molar-refractivity contribution in [1.29, 1.82) is 0 Å². The van der Waals surface area contributed by atoms with Gasteiger partial charge in [-0.3, -0.25) is 9.59 Å². The number of carboxylic acids is 2. The number of nitrogen functional groups attached to an aromatic ring is 2. The van der Waals surface area contributed by atoms with Crippen molar-refractivity contribution in [3.8, 4) is 11.3 Å². The highest BCUT2D eigenvalue weighted by Gasteiger charge is 2.22. The van der Waals surface area contributed by atoms with Crippen LogP contribution in [-0.4, -0.2) is 49.1 Å². The van der Waals surface area contributed by atoms with Gasteiger partial charge in [0.05, 0.1) is 11.1 Å². The van der Waals surface area contributed by atoms with E-state index < -0.39 is 23.9 Å². The second-order valence-corrected chi connectivity index (χ2v) is 8.82. The van der Waals surface area contributed by atoms with Gasteiger partial charge in [-0.1, -0.05) is 30.3 Å². The number of nitrogens with zero attached hydrogens (tertiary/aromatic N) is 3. The monoisotopic (exact) mass is 529 g/mol. The zero-order valence-corrected chi connectivity index (χ0v) is 21.0. The number of hydrogen-bond acceptors (Lipinski definition) is 9. The molecule has 1 unspecified atom stereocenters. The first-order chi connectivity index (χ1) is 18.6. The Bertz CT molecular complexity index is 1540. The van der Waals surface area contributed by atoms with Gasteiger partial charge in [-0.25, -0.2) is 9.78 Å². The number of pyridine rings is 1. The number of nitrogens with one attached hydrogen (secondary N) is 2. The predicted octanol–water partition coefficient (Wildman–Crippen LogP) is 2.82. The van der Waals surface area contributed by atoms with Gasteiger partial charge in [0.1, 0.15) is 11.9 Å². The minimum Gasteiger partial charge on any atom is -0.481 e. The fourth-order valence-electron chi connectivity index (χ4n) is 4.17. The molecule has 4 rings (SSSR count). The van der Waals surface area contributed by atoms with E-state index in [1.54, 1.807) is 24.3 Å². The molecule has 0 aliphatic carbocycles. The van der Waals surface area contributed by atoms with Crippen LogP contribution in [0, 0.1) is 6.92 Å². The number of anilines is 3. The van der Waals surface area contributed by atoms with Crippen molar-refractivity contribution in [1.82, 2.24) is 20.3 Å². The molecule has 0 bridgehead atoms. The number of benzene rings is 2. The highest BCUT2D eigenvalue weighted by Crippen LogP contribution is 2.32. The third-order valence-corrected chi connectivity index (χ3v) is 6.18. The van der Waals surface area contributed by atoms with E-state index in [4.69, 9.17) is 21.6 Å². The van der Waals surface area contributed by atoms with E-state index in [-0.39, 0.29) is 30.2 Å². The zero-order chi connectivity index (χ0) is 28.1. The summed E-state index contributed by atoms with van der Waals surface area (Å²) in [6.07, 6.45) is -0.597. The second kappa shape index (κ2) is 11.4. The standard InChI is InChI=1S/C27H27N7O5/c1-14-18(22(15-5-3-2-4-6-15)32-24-21(14)23(28)33-27(29)34-24)13-30-17-9-7-16(8-10-17)25(37)31-19(26(38)39)11-12-20(35)36/h2-10,19,30H,11-13H2,1H3,(H,31,37)(H,35,36)(H,38,39)(H4,28,29,32,33,34). The van der Waals surface area contributed by atoms with Gasteiger partial charge in [-0.2, -0.15) is 9.97 Å². The lowest BCUT2D eigenvalue weighted by atomic mass is 9.98. The van der Waals surface area contributed by atoms with Crippen molar-refractivity contribution >= 4 is 46.3 Å². The van der Waals surface area contributed by atoms with E-state index in [9.17, 15) is 19.5 Å². The van der Waals surface area contributed by atoms with Crippen LogP contribution in [0.25, 0.3) is 22.3 Å². The van der Waals surface area contributed by atoms with Crippen LogP contribution in [-0.2, 0) is 16.1 Å². The molecule has 39 heavy (non-hydrogen) atoms. The van der Waals surface area contributed by atoms with E-state index in [0.29, 0.717) is 29.0 Å². The third-order valence-electron chi connectivity index (χ3n) is 6.18. The number of fused-ring (bicyclic) bond motifs is 1. The zero-order valence-electron chi connectivity index (χ0n) is 21.0. The Morgan fingerprint density at radius 1 is 0.949 bits per heavy atom. The molecule has 0 aliphatic rings. The molecule has 0 aliphatic heterocycles. The number of aliphatic carboxylic acids is 2.